The van der Waals surface area contributed by atoms with E-state index in [0.717, 1.165) is 30.4 Å². The van der Waals surface area contributed by atoms with Crippen molar-refractivity contribution in [1.29, 1.82) is 0 Å². The smallest absolute Gasteiger partial charge is 0.311 e. The lowest BCUT2D eigenvalue weighted by atomic mass is 9.76. The van der Waals surface area contributed by atoms with E-state index in [-0.39, 0.29) is 33.6 Å². The molecule has 0 aliphatic heterocycles. The molecule has 0 atom stereocenters. The minimum atomic E-state index is -0.479. The number of nitro benzene ring substituents is 1. The second-order valence-corrected chi connectivity index (χ2v) is 12.5. The van der Waals surface area contributed by atoms with Crippen LogP contribution < -0.4 is 4.74 Å². The Morgan fingerprint density at radius 2 is 1.73 bits per heavy atom. The van der Waals surface area contributed by atoms with Crippen LogP contribution in [0.15, 0.2) is 58.0 Å². The van der Waals surface area contributed by atoms with Crippen molar-refractivity contribution in [3.63, 3.8) is 0 Å². The predicted molar refractivity (Wildman–Crippen MR) is 159 cm³/mol. The lowest BCUT2D eigenvalue weighted by Crippen LogP contribution is -2.21. The standard InChI is InChI=1S/C32H41NO6S/c1-7-31(3,4)22-18-19-26(23(21-22)32(5,6)8-2)38-20-12-17-29(35)39-27-15-11-14-25(34)30(27)40-28-16-10-9-13-24(28)33(36)37/h9-10,13,16,18-19,21H,7-8,11-12,14-15,17,20H2,1-6H3. The lowest BCUT2D eigenvalue weighted by molar-refractivity contribution is -0.387. The molecule has 0 aromatic heterocycles. The molecule has 216 valence electrons. The number of para-hydroxylation sites is 1. The summed E-state index contributed by atoms with van der Waals surface area (Å²) in [6, 6.07) is 12.7. The maximum Gasteiger partial charge on any atom is 0.311 e. The van der Waals surface area contributed by atoms with Crippen LogP contribution in [0.25, 0.3) is 0 Å². The first-order valence-electron chi connectivity index (χ1n) is 14.1. The SMILES string of the molecule is CCC(C)(C)c1ccc(OCCCC(=O)OC2=C(Sc3ccccc3[N+](=O)[O-])C(=O)CCC2)c(C(C)(C)CC)c1. The first kappa shape index (κ1) is 31.4. The molecule has 2 aromatic rings. The second-order valence-electron chi connectivity index (χ2n) is 11.5. The van der Waals surface area contributed by atoms with Crippen molar-refractivity contribution in [3.8, 4) is 5.75 Å². The number of hydrogen-bond donors (Lipinski definition) is 0. The number of Topliss-reactive ketones (excluding diaryl/α,β-unsaturated/α-hetero) is 1. The van der Waals surface area contributed by atoms with Crippen molar-refractivity contribution in [1.82, 2.24) is 0 Å². The van der Waals surface area contributed by atoms with E-state index in [4.69, 9.17) is 9.47 Å². The number of nitro groups is 1. The maximum absolute atomic E-state index is 12.7. The zero-order valence-electron chi connectivity index (χ0n) is 24.5. The number of ketones is 1. The lowest BCUT2D eigenvalue weighted by Gasteiger charge is -2.30. The van der Waals surface area contributed by atoms with Crippen molar-refractivity contribution < 1.29 is 24.0 Å². The first-order chi connectivity index (χ1) is 18.9. The Labute approximate surface area is 241 Å². The maximum atomic E-state index is 12.7. The van der Waals surface area contributed by atoms with E-state index in [0.29, 0.717) is 42.9 Å². The van der Waals surface area contributed by atoms with Gasteiger partial charge in [0.2, 0.25) is 0 Å². The molecule has 3 rings (SSSR count). The molecule has 40 heavy (non-hydrogen) atoms. The van der Waals surface area contributed by atoms with Crippen LogP contribution in [-0.2, 0) is 25.2 Å². The van der Waals surface area contributed by atoms with E-state index < -0.39 is 10.9 Å². The predicted octanol–water partition coefficient (Wildman–Crippen LogP) is 8.43. The van der Waals surface area contributed by atoms with Gasteiger partial charge in [0.05, 0.1) is 21.3 Å². The van der Waals surface area contributed by atoms with Crippen LogP contribution >= 0.6 is 11.8 Å². The minimum Gasteiger partial charge on any atom is -0.493 e. The Balaban J connectivity index is 1.66. The van der Waals surface area contributed by atoms with Crippen LogP contribution in [0.4, 0.5) is 5.69 Å². The molecule has 0 saturated heterocycles. The number of nitrogens with zero attached hydrogens (tertiary/aromatic N) is 1. The van der Waals surface area contributed by atoms with Gasteiger partial charge in [0, 0.05) is 30.9 Å². The number of rotatable bonds is 13. The number of hydrogen-bond acceptors (Lipinski definition) is 7. The highest BCUT2D eigenvalue weighted by Gasteiger charge is 2.28. The third-order valence-corrected chi connectivity index (χ3v) is 9.09. The molecule has 1 aliphatic carbocycles. The Hall–Kier alpha value is -3.13. The van der Waals surface area contributed by atoms with Gasteiger partial charge in [-0.2, -0.15) is 0 Å². The molecular formula is C32H41NO6S. The highest BCUT2D eigenvalue weighted by molar-refractivity contribution is 8.04. The van der Waals surface area contributed by atoms with Gasteiger partial charge in [-0.15, -0.1) is 0 Å². The van der Waals surface area contributed by atoms with Crippen LogP contribution in [-0.4, -0.2) is 23.3 Å². The summed E-state index contributed by atoms with van der Waals surface area (Å²) in [7, 11) is 0. The van der Waals surface area contributed by atoms with Crippen molar-refractivity contribution in [2.75, 3.05) is 6.61 Å². The largest absolute Gasteiger partial charge is 0.493 e. The molecule has 8 heteroatoms. The van der Waals surface area contributed by atoms with Gasteiger partial charge in [-0.05, 0) is 54.2 Å². The Bertz CT molecular complexity index is 1280. The number of carbonyl (C=O) groups is 2. The van der Waals surface area contributed by atoms with Gasteiger partial charge in [0.1, 0.15) is 11.5 Å². The molecule has 0 fully saturated rings. The molecule has 0 N–H and O–H groups in total. The molecule has 0 spiro atoms. The Kier molecular flexibility index (Phi) is 10.6. The van der Waals surface area contributed by atoms with Gasteiger partial charge in [0.15, 0.2) is 5.78 Å². The van der Waals surface area contributed by atoms with Crippen LogP contribution in [0.5, 0.6) is 5.75 Å². The fraction of sp³-hybridized carbons (Fsp3) is 0.500. The summed E-state index contributed by atoms with van der Waals surface area (Å²) in [6.07, 6.45) is 3.93. The van der Waals surface area contributed by atoms with Crippen LogP contribution in [0.2, 0.25) is 0 Å². The molecule has 0 heterocycles. The molecule has 0 amide bonds. The fourth-order valence-corrected chi connectivity index (χ4v) is 5.48. The first-order valence-corrected chi connectivity index (χ1v) is 14.9. The summed E-state index contributed by atoms with van der Waals surface area (Å²) in [4.78, 5) is 36.9. The van der Waals surface area contributed by atoms with E-state index in [9.17, 15) is 19.7 Å². The van der Waals surface area contributed by atoms with Gasteiger partial charge in [-0.3, -0.25) is 19.7 Å². The number of esters is 1. The quantitative estimate of drug-likeness (QED) is 0.104. The second kappa shape index (κ2) is 13.5. The molecule has 0 unspecified atom stereocenters. The molecule has 1 aliphatic rings. The monoisotopic (exact) mass is 567 g/mol. The average Bonchev–Trinajstić information content (AvgIpc) is 2.93. The fourth-order valence-electron chi connectivity index (χ4n) is 4.39. The van der Waals surface area contributed by atoms with Crippen LogP contribution in [0.1, 0.15) is 97.6 Å². The van der Waals surface area contributed by atoms with E-state index in [1.54, 1.807) is 18.2 Å². The van der Waals surface area contributed by atoms with E-state index in [1.807, 2.05) is 6.07 Å². The van der Waals surface area contributed by atoms with Gasteiger partial charge >= 0.3 is 5.97 Å². The molecule has 0 bridgehead atoms. The van der Waals surface area contributed by atoms with E-state index in [1.165, 1.54) is 17.2 Å². The van der Waals surface area contributed by atoms with Crippen LogP contribution in [0, 0.1) is 10.1 Å². The molecule has 2 aromatic carbocycles. The number of allylic oxidation sites excluding steroid dienone is 2. The normalized spacial score (nSPS) is 14.3. The summed E-state index contributed by atoms with van der Waals surface area (Å²) in [5, 5.41) is 11.4. The number of ether oxygens (including phenoxy) is 2. The Morgan fingerprint density at radius 3 is 2.40 bits per heavy atom. The van der Waals surface area contributed by atoms with Gasteiger partial charge in [-0.1, -0.05) is 77.6 Å². The molecule has 0 radical (unpaired) electrons. The van der Waals surface area contributed by atoms with Crippen molar-refractivity contribution in [2.24, 2.45) is 0 Å². The van der Waals surface area contributed by atoms with E-state index >= 15 is 0 Å². The summed E-state index contributed by atoms with van der Waals surface area (Å²) in [6.45, 7) is 13.6. The molecule has 7 nitrogen and oxygen atoms in total. The third-order valence-electron chi connectivity index (χ3n) is 7.87. The zero-order chi connectivity index (χ0) is 29.5. The third kappa shape index (κ3) is 7.74. The minimum absolute atomic E-state index is 0.0595. The van der Waals surface area contributed by atoms with E-state index in [2.05, 4.69) is 53.7 Å². The van der Waals surface area contributed by atoms with Gasteiger partial charge < -0.3 is 9.47 Å². The van der Waals surface area contributed by atoms with Crippen molar-refractivity contribution in [3.05, 3.63) is 74.4 Å². The van der Waals surface area contributed by atoms with Gasteiger partial charge in [0.25, 0.3) is 5.69 Å². The highest BCUT2D eigenvalue weighted by atomic mass is 32.2. The summed E-state index contributed by atoms with van der Waals surface area (Å²) in [5.41, 5.74) is 2.37. The average molecular weight is 568 g/mol. The number of carbonyl (C=O) groups excluding carboxylic acids is 2. The van der Waals surface area contributed by atoms with Gasteiger partial charge in [-0.25, -0.2) is 0 Å². The molecular weight excluding hydrogens is 526 g/mol. The summed E-state index contributed by atoms with van der Waals surface area (Å²) in [5.74, 6) is 0.524. The zero-order valence-corrected chi connectivity index (χ0v) is 25.3. The number of thioether (sulfide) groups is 1. The molecule has 0 saturated carbocycles. The topological polar surface area (TPSA) is 95.7 Å². The van der Waals surface area contributed by atoms with Crippen molar-refractivity contribution in [2.45, 2.75) is 102 Å². The Morgan fingerprint density at radius 1 is 1.02 bits per heavy atom. The summed E-state index contributed by atoms with van der Waals surface area (Å²) < 4.78 is 11.8. The summed E-state index contributed by atoms with van der Waals surface area (Å²) >= 11 is 1.00. The highest BCUT2D eigenvalue weighted by Crippen LogP contribution is 2.40. The van der Waals surface area contributed by atoms with Crippen LogP contribution in [0.3, 0.4) is 0 Å². The van der Waals surface area contributed by atoms with Crippen molar-refractivity contribution >= 4 is 29.2 Å². The number of benzene rings is 2.